The molecule has 172 valence electrons. The van der Waals surface area contributed by atoms with Crippen molar-refractivity contribution in [2.45, 2.75) is 75.2 Å². The minimum Gasteiger partial charge on any atom is -0.508 e. The van der Waals surface area contributed by atoms with Gasteiger partial charge in [0.1, 0.15) is 5.76 Å². The molecule has 0 aromatic heterocycles. The lowest BCUT2D eigenvalue weighted by atomic mass is 9.84. The molecule has 3 saturated heterocycles. The lowest BCUT2D eigenvalue weighted by Crippen LogP contribution is -2.63. The van der Waals surface area contributed by atoms with Gasteiger partial charge in [-0.05, 0) is 68.2 Å². The van der Waals surface area contributed by atoms with E-state index in [1.54, 1.807) is 4.90 Å². The number of amides is 1. The maximum absolute atomic E-state index is 12.5. The highest BCUT2D eigenvalue weighted by atomic mass is 16.3. The van der Waals surface area contributed by atoms with Crippen LogP contribution in [0.5, 0.6) is 0 Å². The Balaban J connectivity index is 1.48. The zero-order valence-electron chi connectivity index (χ0n) is 19.5. The van der Waals surface area contributed by atoms with Gasteiger partial charge in [-0.2, -0.15) is 0 Å². The number of hydrogen-bond acceptors (Lipinski definition) is 4. The Morgan fingerprint density at radius 2 is 1.88 bits per heavy atom. The average molecular weight is 436 g/mol. The van der Waals surface area contributed by atoms with Crippen LogP contribution in [0.2, 0.25) is 0 Å². The van der Waals surface area contributed by atoms with Crippen LogP contribution in [0, 0.1) is 5.92 Å². The normalized spacial score (nSPS) is 35.2. The van der Waals surface area contributed by atoms with E-state index in [0.717, 1.165) is 25.8 Å². The first kappa shape index (κ1) is 21.7. The molecule has 0 aromatic rings. The molecule has 5 rings (SSSR count). The predicted molar refractivity (Wildman–Crippen MR) is 128 cm³/mol. The first-order chi connectivity index (χ1) is 15.5. The van der Waals surface area contributed by atoms with E-state index in [9.17, 15) is 9.90 Å². The highest BCUT2D eigenvalue weighted by molar-refractivity contribution is 5.80. The van der Waals surface area contributed by atoms with Gasteiger partial charge in [0.15, 0.2) is 0 Å². The van der Waals surface area contributed by atoms with E-state index in [4.69, 9.17) is 0 Å². The first-order valence-corrected chi connectivity index (χ1v) is 12.3. The second kappa shape index (κ2) is 8.68. The van der Waals surface area contributed by atoms with Crippen LogP contribution in [0.25, 0.3) is 0 Å². The zero-order valence-corrected chi connectivity index (χ0v) is 19.5. The van der Waals surface area contributed by atoms with Crippen molar-refractivity contribution in [1.82, 2.24) is 14.7 Å². The average Bonchev–Trinajstić information content (AvgIpc) is 3.29. The fourth-order valence-corrected chi connectivity index (χ4v) is 7.07. The van der Waals surface area contributed by atoms with E-state index in [2.05, 4.69) is 40.7 Å². The molecule has 6 unspecified atom stereocenters. The summed E-state index contributed by atoms with van der Waals surface area (Å²) in [4.78, 5) is 19.7. The quantitative estimate of drug-likeness (QED) is 0.642. The second-order valence-electron chi connectivity index (χ2n) is 10.3. The molecule has 2 aliphatic carbocycles. The molecule has 3 heterocycles. The van der Waals surface area contributed by atoms with E-state index in [1.807, 2.05) is 26.2 Å². The molecule has 5 aliphatic rings. The molecule has 1 amide bonds. The monoisotopic (exact) mass is 435 g/mol. The van der Waals surface area contributed by atoms with Crippen molar-refractivity contribution < 1.29 is 9.90 Å². The number of carbonyl (C=O) groups excluding carboxylic acids is 1. The summed E-state index contributed by atoms with van der Waals surface area (Å²) in [5.41, 5.74) is 2.63. The van der Waals surface area contributed by atoms with Crippen LogP contribution in [0.1, 0.15) is 44.9 Å². The molecular weight excluding hydrogens is 398 g/mol. The van der Waals surface area contributed by atoms with Crippen LogP contribution >= 0.6 is 0 Å². The van der Waals surface area contributed by atoms with Gasteiger partial charge in [0.05, 0.1) is 12.0 Å². The second-order valence-corrected chi connectivity index (χ2v) is 10.3. The van der Waals surface area contributed by atoms with Crippen molar-refractivity contribution in [3.05, 3.63) is 59.9 Å². The van der Waals surface area contributed by atoms with Crippen molar-refractivity contribution >= 4 is 5.91 Å². The molecule has 4 bridgehead atoms. The van der Waals surface area contributed by atoms with Crippen LogP contribution < -0.4 is 0 Å². The summed E-state index contributed by atoms with van der Waals surface area (Å²) in [6.07, 6.45) is 20.3. The molecule has 3 aliphatic heterocycles. The first-order valence-electron chi connectivity index (χ1n) is 12.3. The summed E-state index contributed by atoms with van der Waals surface area (Å²) in [5.74, 6) is 0.500. The van der Waals surface area contributed by atoms with Gasteiger partial charge in [0.25, 0.3) is 0 Å². The highest BCUT2D eigenvalue weighted by Crippen LogP contribution is 2.49. The van der Waals surface area contributed by atoms with Gasteiger partial charge in [-0.15, -0.1) is 6.58 Å². The Labute approximate surface area is 192 Å². The fourth-order valence-electron chi connectivity index (χ4n) is 7.07. The Morgan fingerprint density at radius 1 is 1.19 bits per heavy atom. The molecule has 0 spiro atoms. The number of carbonyl (C=O) groups is 1. The van der Waals surface area contributed by atoms with Crippen molar-refractivity contribution in [2.75, 3.05) is 20.6 Å². The number of hydrogen-bond donors (Lipinski definition) is 1. The summed E-state index contributed by atoms with van der Waals surface area (Å²) in [5, 5.41) is 10.3. The van der Waals surface area contributed by atoms with E-state index in [0.29, 0.717) is 29.9 Å². The van der Waals surface area contributed by atoms with Gasteiger partial charge in [-0.1, -0.05) is 24.3 Å². The number of nitrogens with zero attached hydrogens (tertiary/aromatic N) is 3. The number of rotatable bonds is 6. The van der Waals surface area contributed by atoms with Gasteiger partial charge in [0, 0.05) is 44.8 Å². The topological polar surface area (TPSA) is 47.0 Å². The van der Waals surface area contributed by atoms with Crippen molar-refractivity contribution in [3.8, 4) is 0 Å². The highest BCUT2D eigenvalue weighted by Gasteiger charge is 2.56. The fraction of sp³-hybridized carbons (Fsp3) is 0.593. The summed E-state index contributed by atoms with van der Waals surface area (Å²) < 4.78 is 0. The predicted octanol–water partition coefficient (Wildman–Crippen LogP) is 3.97. The van der Waals surface area contributed by atoms with Gasteiger partial charge in [-0.25, -0.2) is 0 Å². The molecule has 3 fully saturated rings. The number of fused-ring (bicyclic) bond motifs is 6. The number of allylic oxidation sites excluding steroid dienone is 3. The number of aliphatic hydroxyl groups excluding tert-OH is 1. The van der Waals surface area contributed by atoms with E-state index in [-0.39, 0.29) is 17.9 Å². The van der Waals surface area contributed by atoms with E-state index in [1.165, 1.54) is 36.8 Å². The Bertz CT molecular complexity index is 879. The third-order valence-electron chi connectivity index (χ3n) is 8.33. The van der Waals surface area contributed by atoms with Crippen molar-refractivity contribution in [2.24, 2.45) is 5.92 Å². The van der Waals surface area contributed by atoms with Crippen molar-refractivity contribution in [3.63, 3.8) is 0 Å². The maximum atomic E-state index is 12.5. The van der Waals surface area contributed by atoms with E-state index >= 15 is 0 Å². The molecule has 5 nitrogen and oxygen atoms in total. The molecule has 0 saturated carbocycles. The molecular formula is C27H37N3O2. The van der Waals surface area contributed by atoms with Crippen LogP contribution in [0.15, 0.2) is 59.9 Å². The lowest BCUT2D eigenvalue weighted by molar-refractivity contribution is -0.131. The van der Waals surface area contributed by atoms with Gasteiger partial charge < -0.3 is 10.0 Å². The maximum Gasteiger partial charge on any atom is 0.229 e. The smallest absolute Gasteiger partial charge is 0.229 e. The molecule has 0 radical (unpaired) electrons. The SMILES string of the molecule is C=CCN1C2CCC1C1CCC2N1C(C1=CCC(C(=O)N(C)C)C=C1)C1=CC(O)=CCC1. The van der Waals surface area contributed by atoms with E-state index < -0.39 is 0 Å². The Hall–Kier alpha value is -2.11. The van der Waals surface area contributed by atoms with Crippen LogP contribution in [-0.2, 0) is 4.79 Å². The molecule has 6 atom stereocenters. The largest absolute Gasteiger partial charge is 0.508 e. The Morgan fingerprint density at radius 3 is 2.44 bits per heavy atom. The summed E-state index contributed by atoms with van der Waals surface area (Å²) >= 11 is 0. The summed E-state index contributed by atoms with van der Waals surface area (Å²) in [7, 11) is 3.66. The molecule has 0 aromatic carbocycles. The summed E-state index contributed by atoms with van der Waals surface area (Å²) in [6.45, 7) is 5.01. The molecule has 5 heteroatoms. The minimum atomic E-state index is -0.0691. The van der Waals surface area contributed by atoms with Gasteiger partial charge in [0.2, 0.25) is 5.91 Å². The third-order valence-corrected chi connectivity index (χ3v) is 8.33. The van der Waals surface area contributed by atoms with Crippen molar-refractivity contribution in [1.29, 1.82) is 0 Å². The Kier molecular flexibility index (Phi) is 5.89. The lowest BCUT2D eigenvalue weighted by Gasteiger charge is -2.51. The standard InChI is InChI=1S/C27H37N3O2/c1-4-16-29-22-12-13-23(29)25-15-14-24(22)30(25)26(20-6-5-7-21(31)17-20)18-8-10-19(11-9-18)27(32)28(2)3/h4,7-10,17,19,22-26,31H,1,5-6,11-16H2,2-3H3. The zero-order chi connectivity index (χ0) is 22.4. The molecule has 1 N–H and O–H groups in total. The number of piperazine rings is 1. The summed E-state index contributed by atoms with van der Waals surface area (Å²) in [6, 6.07) is 2.50. The number of aliphatic hydroxyl groups is 1. The van der Waals surface area contributed by atoms with Gasteiger partial charge >= 0.3 is 0 Å². The minimum absolute atomic E-state index is 0.0691. The molecule has 32 heavy (non-hydrogen) atoms. The van der Waals surface area contributed by atoms with Crippen LogP contribution in [-0.4, -0.2) is 76.6 Å². The van der Waals surface area contributed by atoms with Crippen LogP contribution in [0.4, 0.5) is 0 Å². The van der Waals surface area contributed by atoms with Gasteiger partial charge in [-0.3, -0.25) is 14.6 Å². The third kappa shape index (κ3) is 3.60. The van der Waals surface area contributed by atoms with Crippen LogP contribution in [0.3, 0.4) is 0 Å².